The molecular formula is C26H33N5O6. The van der Waals surface area contributed by atoms with Crippen molar-refractivity contribution >= 4 is 29.6 Å². The van der Waals surface area contributed by atoms with Gasteiger partial charge in [-0.15, -0.1) is 0 Å². The summed E-state index contributed by atoms with van der Waals surface area (Å²) < 4.78 is 0. The molecule has 198 valence electrons. The van der Waals surface area contributed by atoms with Crippen LogP contribution in [0.1, 0.15) is 30.9 Å². The zero-order chi connectivity index (χ0) is 27.4. The quantitative estimate of drug-likeness (QED) is 0.199. The lowest BCUT2D eigenvalue weighted by molar-refractivity contribution is -0.142. The summed E-state index contributed by atoms with van der Waals surface area (Å²) >= 11 is 0. The second kappa shape index (κ2) is 14.3. The molecule has 0 saturated carbocycles. The molecule has 4 amide bonds. The fourth-order valence-electron chi connectivity index (χ4n) is 3.52. The largest absolute Gasteiger partial charge is 0.480 e. The lowest BCUT2D eigenvalue weighted by Gasteiger charge is -2.23. The smallest absolute Gasteiger partial charge is 0.326 e. The number of benzene rings is 2. The third-order valence-electron chi connectivity index (χ3n) is 5.60. The van der Waals surface area contributed by atoms with Crippen LogP contribution in [-0.4, -0.2) is 58.9 Å². The highest BCUT2D eigenvalue weighted by Crippen LogP contribution is 2.06. The molecular weight excluding hydrogens is 478 g/mol. The topological polar surface area (TPSA) is 194 Å². The third kappa shape index (κ3) is 10.1. The van der Waals surface area contributed by atoms with E-state index in [9.17, 15) is 29.1 Å². The minimum Gasteiger partial charge on any atom is -0.480 e. The van der Waals surface area contributed by atoms with Crippen LogP contribution in [0.5, 0.6) is 0 Å². The number of carbonyl (C=O) groups excluding carboxylic acids is 4. The first-order valence-corrected chi connectivity index (χ1v) is 11.8. The first-order chi connectivity index (χ1) is 17.6. The summed E-state index contributed by atoms with van der Waals surface area (Å²) in [6.07, 6.45) is -0.0110. The molecule has 2 rings (SSSR count). The molecule has 0 radical (unpaired) electrons. The van der Waals surface area contributed by atoms with Gasteiger partial charge in [-0.25, -0.2) is 4.79 Å². The van der Waals surface area contributed by atoms with Gasteiger partial charge in [0.05, 0.1) is 6.04 Å². The van der Waals surface area contributed by atoms with Gasteiger partial charge in [0.2, 0.25) is 23.6 Å². The van der Waals surface area contributed by atoms with Crippen LogP contribution in [0.15, 0.2) is 60.7 Å². The summed E-state index contributed by atoms with van der Waals surface area (Å²) in [5.41, 5.74) is 12.7. The van der Waals surface area contributed by atoms with E-state index < -0.39 is 53.8 Å². The number of aliphatic carboxylic acids is 1. The van der Waals surface area contributed by atoms with Crippen molar-refractivity contribution in [1.82, 2.24) is 16.0 Å². The molecule has 0 saturated heterocycles. The average molecular weight is 512 g/mol. The molecule has 0 bridgehead atoms. The molecule has 37 heavy (non-hydrogen) atoms. The fourth-order valence-corrected chi connectivity index (χ4v) is 3.52. The molecule has 11 heteroatoms. The second-order valence-electron chi connectivity index (χ2n) is 8.68. The van der Waals surface area contributed by atoms with Crippen molar-refractivity contribution < 1.29 is 29.1 Å². The third-order valence-corrected chi connectivity index (χ3v) is 5.60. The van der Waals surface area contributed by atoms with Crippen LogP contribution in [-0.2, 0) is 36.8 Å². The van der Waals surface area contributed by atoms with E-state index in [1.807, 2.05) is 30.3 Å². The number of amides is 4. The fraction of sp³-hybridized carbons (Fsp3) is 0.346. The minimum absolute atomic E-state index is 0.0547. The van der Waals surface area contributed by atoms with Crippen LogP contribution in [0.3, 0.4) is 0 Å². The Bertz CT molecular complexity index is 1080. The Morgan fingerprint density at radius 2 is 1.27 bits per heavy atom. The molecule has 0 aliphatic carbocycles. The number of carbonyl (C=O) groups is 5. The number of rotatable bonds is 14. The Morgan fingerprint density at radius 1 is 0.757 bits per heavy atom. The van der Waals surface area contributed by atoms with Gasteiger partial charge in [-0.05, 0) is 30.9 Å². The molecule has 4 atom stereocenters. The summed E-state index contributed by atoms with van der Waals surface area (Å²) in [4.78, 5) is 61.1. The highest BCUT2D eigenvalue weighted by atomic mass is 16.4. The van der Waals surface area contributed by atoms with Gasteiger partial charge in [-0.1, -0.05) is 60.7 Å². The van der Waals surface area contributed by atoms with E-state index in [1.165, 1.54) is 6.92 Å². The molecule has 2 aromatic rings. The van der Waals surface area contributed by atoms with E-state index in [1.54, 1.807) is 30.3 Å². The normalized spacial score (nSPS) is 13.9. The van der Waals surface area contributed by atoms with E-state index in [0.717, 1.165) is 5.56 Å². The summed E-state index contributed by atoms with van der Waals surface area (Å²) in [5.74, 6) is -3.97. The first-order valence-electron chi connectivity index (χ1n) is 11.8. The van der Waals surface area contributed by atoms with Crippen LogP contribution in [0.4, 0.5) is 0 Å². The molecule has 0 aliphatic rings. The lowest BCUT2D eigenvalue weighted by Crippen LogP contribution is -2.56. The van der Waals surface area contributed by atoms with Crippen LogP contribution in [0.2, 0.25) is 0 Å². The summed E-state index contributed by atoms with van der Waals surface area (Å²) in [6.45, 7) is 1.38. The Kier molecular flexibility index (Phi) is 11.2. The maximum absolute atomic E-state index is 12.9. The molecule has 8 N–H and O–H groups in total. The Labute approximate surface area is 215 Å². The van der Waals surface area contributed by atoms with Crippen molar-refractivity contribution in [1.29, 1.82) is 0 Å². The first kappa shape index (κ1) is 29.0. The highest BCUT2D eigenvalue weighted by molar-refractivity contribution is 5.94. The summed E-state index contributed by atoms with van der Waals surface area (Å²) in [6, 6.07) is 13.4. The zero-order valence-electron chi connectivity index (χ0n) is 20.6. The Morgan fingerprint density at radius 3 is 1.78 bits per heavy atom. The van der Waals surface area contributed by atoms with Crippen LogP contribution >= 0.6 is 0 Å². The van der Waals surface area contributed by atoms with Crippen LogP contribution < -0.4 is 27.4 Å². The molecule has 0 heterocycles. The van der Waals surface area contributed by atoms with Gasteiger partial charge in [-0.2, -0.15) is 0 Å². The van der Waals surface area contributed by atoms with Crippen molar-refractivity contribution in [3.63, 3.8) is 0 Å². The van der Waals surface area contributed by atoms with Gasteiger partial charge < -0.3 is 32.5 Å². The monoisotopic (exact) mass is 511 g/mol. The number of nitrogens with two attached hydrogens (primary N) is 2. The van der Waals surface area contributed by atoms with Gasteiger partial charge in [0, 0.05) is 12.8 Å². The molecule has 0 aromatic heterocycles. The maximum atomic E-state index is 12.9. The number of hydrogen-bond donors (Lipinski definition) is 6. The number of carboxylic acid groups (broad SMARTS) is 1. The van der Waals surface area contributed by atoms with E-state index in [0.29, 0.717) is 5.56 Å². The number of primary amides is 1. The highest BCUT2D eigenvalue weighted by Gasteiger charge is 2.28. The van der Waals surface area contributed by atoms with Crippen molar-refractivity contribution in [2.24, 2.45) is 11.5 Å². The molecule has 0 fully saturated rings. The summed E-state index contributed by atoms with van der Waals surface area (Å²) in [7, 11) is 0. The number of hydrogen-bond acceptors (Lipinski definition) is 6. The van der Waals surface area contributed by atoms with Gasteiger partial charge >= 0.3 is 5.97 Å². The number of carboxylic acids is 1. The van der Waals surface area contributed by atoms with E-state index >= 15 is 0 Å². The van der Waals surface area contributed by atoms with Crippen molar-refractivity contribution in [3.8, 4) is 0 Å². The Hall–Kier alpha value is -4.25. The van der Waals surface area contributed by atoms with Crippen molar-refractivity contribution in [3.05, 3.63) is 71.8 Å². The molecule has 11 nitrogen and oxygen atoms in total. The second-order valence-corrected chi connectivity index (χ2v) is 8.68. The Balaban J connectivity index is 2.00. The lowest BCUT2D eigenvalue weighted by atomic mass is 10.0. The van der Waals surface area contributed by atoms with Gasteiger partial charge in [0.25, 0.3) is 0 Å². The SMILES string of the molecule is CC(NC(=O)C(CCC(N)=O)NC(=O)C(N)Cc1ccccc1)C(=O)NC(Cc1ccccc1)C(=O)O. The van der Waals surface area contributed by atoms with Crippen LogP contribution in [0.25, 0.3) is 0 Å². The minimum atomic E-state index is -1.23. The van der Waals surface area contributed by atoms with Gasteiger partial charge in [0.15, 0.2) is 0 Å². The van der Waals surface area contributed by atoms with Crippen molar-refractivity contribution in [2.45, 2.75) is 56.8 Å². The average Bonchev–Trinajstić information content (AvgIpc) is 2.86. The summed E-state index contributed by atoms with van der Waals surface area (Å²) in [5, 5.41) is 16.9. The number of nitrogens with one attached hydrogen (secondary N) is 3. The van der Waals surface area contributed by atoms with E-state index in [-0.39, 0.29) is 25.7 Å². The van der Waals surface area contributed by atoms with E-state index in [2.05, 4.69) is 16.0 Å². The van der Waals surface area contributed by atoms with Crippen LogP contribution in [0, 0.1) is 0 Å². The maximum Gasteiger partial charge on any atom is 0.326 e. The standard InChI is InChI=1S/C26H33N5O6/c1-16(23(33)31-21(26(36)37)15-18-10-6-3-7-11-18)29-25(35)20(12-13-22(28)32)30-24(34)19(27)14-17-8-4-2-5-9-17/h2-11,16,19-21H,12-15,27H2,1H3,(H2,28,32)(H,29,35)(H,30,34)(H,31,33)(H,36,37). The molecule has 2 aromatic carbocycles. The predicted octanol–water partition coefficient (Wildman–Crippen LogP) is -0.376. The molecule has 0 aliphatic heterocycles. The van der Waals surface area contributed by atoms with Gasteiger partial charge in [-0.3, -0.25) is 19.2 Å². The molecule has 0 spiro atoms. The predicted molar refractivity (Wildman–Crippen MR) is 136 cm³/mol. The molecule has 4 unspecified atom stereocenters. The van der Waals surface area contributed by atoms with Crippen molar-refractivity contribution in [2.75, 3.05) is 0 Å². The van der Waals surface area contributed by atoms with E-state index in [4.69, 9.17) is 11.5 Å². The zero-order valence-corrected chi connectivity index (χ0v) is 20.6. The van der Waals surface area contributed by atoms with Gasteiger partial charge in [0.1, 0.15) is 18.1 Å².